The molecular weight excluding hydrogens is 186 g/mol. The van der Waals surface area contributed by atoms with Gasteiger partial charge in [-0.15, -0.1) is 0 Å². The fourth-order valence-electron chi connectivity index (χ4n) is 1.62. The number of benzene rings is 1. The van der Waals surface area contributed by atoms with Crippen LogP contribution in [-0.4, -0.2) is 13.2 Å². The molecule has 0 bridgehead atoms. The Hall–Kier alpha value is -1.70. The smallest absolute Gasteiger partial charge is 0.194 e. The van der Waals surface area contributed by atoms with E-state index in [0.29, 0.717) is 6.61 Å². The van der Waals surface area contributed by atoms with Crippen LogP contribution in [0.2, 0.25) is 0 Å². The van der Waals surface area contributed by atoms with Crippen molar-refractivity contribution in [3.8, 4) is 0 Å². The Balaban J connectivity index is 2.35. The van der Waals surface area contributed by atoms with Gasteiger partial charge in [0.1, 0.15) is 0 Å². The first kappa shape index (κ1) is 9.84. The molecule has 0 fully saturated rings. The van der Waals surface area contributed by atoms with Gasteiger partial charge in [-0.1, -0.05) is 42.5 Å². The lowest BCUT2D eigenvalue weighted by atomic mass is 10.0. The third-order valence-electron chi connectivity index (χ3n) is 2.28. The first-order valence-electron chi connectivity index (χ1n) is 5.24. The van der Waals surface area contributed by atoms with Crippen LogP contribution in [0, 0.1) is 0 Å². The van der Waals surface area contributed by atoms with Crippen molar-refractivity contribution in [2.24, 2.45) is 0 Å². The molecule has 0 atom stereocenters. The number of ether oxygens (including phenoxy) is 1. The lowest BCUT2D eigenvalue weighted by Crippen LogP contribution is -2.20. The summed E-state index contributed by atoms with van der Waals surface area (Å²) in [6.45, 7) is 3.52. The average molecular weight is 201 g/mol. The molecule has 2 nitrogen and oxygen atoms in total. The lowest BCUT2D eigenvalue weighted by Gasteiger charge is -2.17. The van der Waals surface area contributed by atoms with Crippen molar-refractivity contribution in [3.63, 3.8) is 0 Å². The second-order valence-corrected chi connectivity index (χ2v) is 3.33. The zero-order valence-electron chi connectivity index (χ0n) is 8.86. The number of rotatable bonds is 3. The zero-order valence-corrected chi connectivity index (χ0v) is 8.86. The Bertz CT molecular complexity index is 379. The van der Waals surface area contributed by atoms with E-state index < -0.39 is 0 Å². The van der Waals surface area contributed by atoms with Gasteiger partial charge in [-0.25, -0.2) is 0 Å². The van der Waals surface area contributed by atoms with E-state index in [-0.39, 0.29) is 0 Å². The number of allylic oxidation sites excluding steroid dienone is 2. The highest BCUT2D eigenvalue weighted by Crippen LogP contribution is 2.21. The van der Waals surface area contributed by atoms with Crippen LogP contribution < -0.4 is 5.32 Å². The maximum atomic E-state index is 5.57. The first-order valence-corrected chi connectivity index (χ1v) is 5.24. The summed E-state index contributed by atoms with van der Waals surface area (Å²) in [5, 5.41) is 3.24. The van der Waals surface area contributed by atoms with Crippen molar-refractivity contribution < 1.29 is 4.74 Å². The molecule has 0 unspecified atom stereocenters. The van der Waals surface area contributed by atoms with Gasteiger partial charge >= 0.3 is 0 Å². The normalized spacial score (nSPS) is 15.0. The van der Waals surface area contributed by atoms with Crippen LogP contribution in [-0.2, 0) is 4.74 Å². The van der Waals surface area contributed by atoms with E-state index in [9.17, 15) is 0 Å². The summed E-state index contributed by atoms with van der Waals surface area (Å²) in [6.07, 6.45) is 4.21. The van der Waals surface area contributed by atoms with E-state index in [1.807, 2.05) is 25.1 Å². The predicted molar refractivity (Wildman–Crippen MR) is 62.1 cm³/mol. The highest BCUT2D eigenvalue weighted by atomic mass is 16.5. The maximum absolute atomic E-state index is 5.57. The Kier molecular flexibility index (Phi) is 3.08. The van der Waals surface area contributed by atoms with E-state index in [1.165, 1.54) is 5.56 Å². The minimum absolute atomic E-state index is 0.687. The van der Waals surface area contributed by atoms with Crippen LogP contribution in [0.3, 0.4) is 0 Å². The molecule has 0 radical (unpaired) electrons. The van der Waals surface area contributed by atoms with Crippen molar-refractivity contribution in [2.45, 2.75) is 6.92 Å². The molecule has 1 N–H and O–H groups in total. The molecule has 1 heterocycles. The monoisotopic (exact) mass is 201 g/mol. The van der Waals surface area contributed by atoms with Gasteiger partial charge in [0.2, 0.25) is 0 Å². The molecule has 1 aliphatic rings. The molecule has 0 aromatic heterocycles. The summed E-state index contributed by atoms with van der Waals surface area (Å²) >= 11 is 0. The van der Waals surface area contributed by atoms with Gasteiger partial charge in [-0.05, 0) is 12.5 Å². The molecule has 1 aromatic carbocycles. The molecule has 1 aliphatic heterocycles. The minimum atomic E-state index is 0.687. The molecule has 0 aliphatic carbocycles. The molecular formula is C13H15NO. The molecule has 2 heteroatoms. The summed E-state index contributed by atoms with van der Waals surface area (Å²) in [5.74, 6) is 0.881. The second-order valence-electron chi connectivity index (χ2n) is 3.33. The largest absolute Gasteiger partial charge is 0.479 e. The molecule has 2 rings (SSSR count). The Morgan fingerprint density at radius 2 is 2.07 bits per heavy atom. The third-order valence-corrected chi connectivity index (χ3v) is 2.28. The summed E-state index contributed by atoms with van der Waals surface area (Å²) < 4.78 is 5.57. The lowest BCUT2D eigenvalue weighted by molar-refractivity contribution is 0.210. The van der Waals surface area contributed by atoms with E-state index in [2.05, 4.69) is 29.6 Å². The van der Waals surface area contributed by atoms with Gasteiger partial charge in [0, 0.05) is 12.1 Å². The van der Waals surface area contributed by atoms with Crippen LogP contribution in [0.1, 0.15) is 12.5 Å². The van der Waals surface area contributed by atoms with Crippen LogP contribution in [0.15, 0.2) is 48.4 Å². The van der Waals surface area contributed by atoms with Crippen molar-refractivity contribution in [3.05, 3.63) is 53.9 Å². The van der Waals surface area contributed by atoms with E-state index in [1.54, 1.807) is 0 Å². The molecule has 15 heavy (non-hydrogen) atoms. The van der Waals surface area contributed by atoms with Gasteiger partial charge in [0.15, 0.2) is 5.88 Å². The van der Waals surface area contributed by atoms with Crippen molar-refractivity contribution in [2.75, 3.05) is 13.2 Å². The predicted octanol–water partition coefficient (Wildman–Crippen LogP) is 2.55. The number of hydrogen-bond donors (Lipinski definition) is 1. The zero-order chi connectivity index (χ0) is 10.5. The topological polar surface area (TPSA) is 21.3 Å². The van der Waals surface area contributed by atoms with Crippen molar-refractivity contribution >= 4 is 5.57 Å². The first-order chi connectivity index (χ1) is 7.42. The third kappa shape index (κ3) is 2.21. The molecule has 0 spiro atoms. The van der Waals surface area contributed by atoms with E-state index >= 15 is 0 Å². The number of hydrogen-bond acceptors (Lipinski definition) is 2. The fraction of sp³-hybridized carbons (Fsp3) is 0.231. The van der Waals surface area contributed by atoms with Crippen molar-refractivity contribution in [1.82, 2.24) is 5.32 Å². The van der Waals surface area contributed by atoms with Crippen LogP contribution in [0.5, 0.6) is 0 Å². The van der Waals surface area contributed by atoms with E-state index in [4.69, 9.17) is 4.74 Å². The minimum Gasteiger partial charge on any atom is -0.479 e. The average Bonchev–Trinajstić information content (AvgIpc) is 2.31. The van der Waals surface area contributed by atoms with Gasteiger partial charge in [0.25, 0.3) is 0 Å². The quantitative estimate of drug-likeness (QED) is 0.811. The molecule has 0 amide bonds. The van der Waals surface area contributed by atoms with Gasteiger partial charge < -0.3 is 10.1 Å². The number of dihydropyridines is 1. The highest BCUT2D eigenvalue weighted by Gasteiger charge is 2.09. The van der Waals surface area contributed by atoms with Gasteiger partial charge in [-0.3, -0.25) is 0 Å². The van der Waals surface area contributed by atoms with E-state index in [0.717, 1.165) is 18.0 Å². The highest BCUT2D eigenvalue weighted by molar-refractivity contribution is 5.76. The Labute approximate surface area is 90.3 Å². The summed E-state index contributed by atoms with van der Waals surface area (Å²) in [7, 11) is 0. The second kappa shape index (κ2) is 4.69. The molecule has 1 aromatic rings. The fourth-order valence-corrected chi connectivity index (χ4v) is 1.62. The standard InChI is InChI=1S/C13H15NO/c1-2-15-13-12(9-6-10-14-13)11-7-4-3-5-8-11/h3-9,14H,2,10H2,1H3. The van der Waals surface area contributed by atoms with Crippen molar-refractivity contribution in [1.29, 1.82) is 0 Å². The summed E-state index contributed by atoms with van der Waals surface area (Å²) in [6, 6.07) is 10.3. The summed E-state index contributed by atoms with van der Waals surface area (Å²) in [5.41, 5.74) is 2.31. The summed E-state index contributed by atoms with van der Waals surface area (Å²) in [4.78, 5) is 0. The van der Waals surface area contributed by atoms with Crippen LogP contribution in [0.25, 0.3) is 5.57 Å². The van der Waals surface area contributed by atoms with Crippen LogP contribution >= 0.6 is 0 Å². The Morgan fingerprint density at radius 1 is 1.27 bits per heavy atom. The molecule has 0 saturated heterocycles. The Morgan fingerprint density at radius 3 is 2.80 bits per heavy atom. The maximum Gasteiger partial charge on any atom is 0.194 e. The molecule has 78 valence electrons. The molecule has 0 saturated carbocycles. The van der Waals surface area contributed by atoms with Crippen LogP contribution in [0.4, 0.5) is 0 Å². The SMILES string of the molecule is CCOC1=C(c2ccccc2)C=CCN1. The van der Waals surface area contributed by atoms with Gasteiger partial charge in [0.05, 0.1) is 6.61 Å². The van der Waals surface area contributed by atoms with Gasteiger partial charge in [-0.2, -0.15) is 0 Å². The number of nitrogens with one attached hydrogen (secondary N) is 1.